The summed E-state index contributed by atoms with van der Waals surface area (Å²) in [6.45, 7) is 8.84. The molecule has 3 aromatic rings. The predicted molar refractivity (Wildman–Crippen MR) is 132 cm³/mol. The summed E-state index contributed by atoms with van der Waals surface area (Å²) in [5.74, 6) is 1.35. The minimum atomic E-state index is -0.486. The van der Waals surface area contributed by atoms with Gasteiger partial charge in [-0.3, -0.25) is 0 Å². The maximum absolute atomic E-state index is 12.1. The Labute approximate surface area is 198 Å². The Bertz CT molecular complexity index is 1070. The normalized spacial score (nSPS) is 16.9. The molecule has 2 heterocycles. The first-order chi connectivity index (χ1) is 15.3. The number of hydrogen-bond donors (Lipinski definition) is 1. The minimum Gasteiger partial charge on any atom is -0.444 e. The number of hydrogen-bond acceptors (Lipinski definition) is 4. The Hall–Kier alpha value is -2.54. The zero-order chi connectivity index (χ0) is 22.7. The summed E-state index contributed by atoms with van der Waals surface area (Å²) in [5.41, 5.74) is 2.89. The molecule has 6 nitrogen and oxygen atoms in total. The van der Waals surface area contributed by atoms with Crippen LogP contribution >= 0.6 is 15.9 Å². The fourth-order valence-electron chi connectivity index (χ4n) is 4.19. The summed E-state index contributed by atoms with van der Waals surface area (Å²) in [4.78, 5) is 19.4. The third kappa shape index (κ3) is 5.63. The largest absolute Gasteiger partial charge is 0.444 e. The van der Waals surface area contributed by atoms with E-state index in [1.807, 2.05) is 26.8 Å². The number of rotatable bonds is 5. The molecular weight excluding hydrogens is 468 g/mol. The second-order valence-electron chi connectivity index (χ2n) is 9.45. The SMILES string of the molecule is CC(C)(C)OC(=O)NC[C@H]1CCCN(c2nc3ccccc3n2Cc2ccc(Br)cc2)C1. The minimum absolute atomic E-state index is 0.350. The van der Waals surface area contributed by atoms with Gasteiger partial charge in [0.2, 0.25) is 5.95 Å². The van der Waals surface area contributed by atoms with Crippen molar-refractivity contribution < 1.29 is 9.53 Å². The molecule has 0 spiro atoms. The number of amides is 1. The van der Waals surface area contributed by atoms with Crippen molar-refractivity contribution in [3.8, 4) is 0 Å². The van der Waals surface area contributed by atoms with Crippen LogP contribution in [0.1, 0.15) is 39.2 Å². The zero-order valence-electron chi connectivity index (χ0n) is 19.0. The summed E-state index contributed by atoms with van der Waals surface area (Å²) in [7, 11) is 0. The third-order valence-corrected chi connectivity index (χ3v) is 6.15. The molecule has 1 aliphatic rings. The van der Waals surface area contributed by atoms with Gasteiger partial charge >= 0.3 is 6.09 Å². The van der Waals surface area contributed by atoms with Crippen molar-refractivity contribution in [2.75, 3.05) is 24.5 Å². The van der Waals surface area contributed by atoms with Gasteiger partial charge in [0.15, 0.2) is 0 Å². The van der Waals surface area contributed by atoms with Crippen molar-refractivity contribution in [3.63, 3.8) is 0 Å². The number of imidazole rings is 1. The number of para-hydroxylation sites is 2. The molecule has 1 aromatic heterocycles. The van der Waals surface area contributed by atoms with Crippen LogP contribution < -0.4 is 10.2 Å². The number of carbonyl (C=O) groups excluding carboxylic acids is 1. The Balaban J connectivity index is 1.52. The highest BCUT2D eigenvalue weighted by molar-refractivity contribution is 9.10. The van der Waals surface area contributed by atoms with E-state index in [-0.39, 0.29) is 6.09 Å². The van der Waals surface area contributed by atoms with Gasteiger partial charge in [-0.15, -0.1) is 0 Å². The fourth-order valence-corrected chi connectivity index (χ4v) is 4.45. The molecule has 1 atom stereocenters. The van der Waals surface area contributed by atoms with Gasteiger partial charge in [0.1, 0.15) is 5.60 Å². The smallest absolute Gasteiger partial charge is 0.407 e. The van der Waals surface area contributed by atoms with Crippen molar-refractivity contribution in [1.82, 2.24) is 14.9 Å². The summed E-state index contributed by atoms with van der Waals surface area (Å²) < 4.78 is 8.78. The molecule has 0 unspecified atom stereocenters. The van der Waals surface area contributed by atoms with Crippen LogP contribution in [-0.4, -0.2) is 40.9 Å². The monoisotopic (exact) mass is 498 g/mol. The molecule has 170 valence electrons. The first kappa shape index (κ1) is 22.6. The van der Waals surface area contributed by atoms with Crippen molar-refractivity contribution in [2.24, 2.45) is 5.92 Å². The number of piperidine rings is 1. The molecule has 32 heavy (non-hydrogen) atoms. The van der Waals surface area contributed by atoms with E-state index in [1.54, 1.807) is 0 Å². The number of aromatic nitrogens is 2. The second kappa shape index (κ2) is 9.53. The Kier molecular flexibility index (Phi) is 6.74. The molecule has 2 aromatic carbocycles. The molecule has 4 rings (SSSR count). The van der Waals surface area contributed by atoms with E-state index >= 15 is 0 Å². The van der Waals surface area contributed by atoms with E-state index in [0.29, 0.717) is 12.5 Å². The van der Waals surface area contributed by atoms with Crippen LogP contribution in [0.4, 0.5) is 10.7 Å². The number of nitrogens with zero attached hydrogens (tertiary/aromatic N) is 3. The van der Waals surface area contributed by atoms with Crippen molar-refractivity contribution in [1.29, 1.82) is 0 Å². The van der Waals surface area contributed by atoms with Crippen LogP contribution in [0.2, 0.25) is 0 Å². The third-order valence-electron chi connectivity index (χ3n) is 5.62. The molecule has 0 radical (unpaired) electrons. The highest BCUT2D eigenvalue weighted by atomic mass is 79.9. The van der Waals surface area contributed by atoms with Gasteiger partial charge in [-0.2, -0.15) is 0 Å². The molecule has 1 amide bonds. The topological polar surface area (TPSA) is 59.4 Å². The summed E-state index contributed by atoms with van der Waals surface area (Å²) in [6, 6.07) is 16.8. The quantitative estimate of drug-likeness (QED) is 0.498. The van der Waals surface area contributed by atoms with Gasteiger partial charge < -0.3 is 19.5 Å². The molecule has 0 bridgehead atoms. The Morgan fingerprint density at radius 1 is 1.19 bits per heavy atom. The van der Waals surface area contributed by atoms with E-state index in [2.05, 4.69) is 73.2 Å². The van der Waals surface area contributed by atoms with Gasteiger partial charge in [0.25, 0.3) is 0 Å². The first-order valence-electron chi connectivity index (χ1n) is 11.2. The number of anilines is 1. The zero-order valence-corrected chi connectivity index (χ0v) is 20.6. The van der Waals surface area contributed by atoms with Crippen molar-refractivity contribution in [3.05, 3.63) is 58.6 Å². The van der Waals surface area contributed by atoms with Gasteiger partial charge in [-0.1, -0.05) is 40.2 Å². The maximum Gasteiger partial charge on any atom is 0.407 e. The molecule has 1 fully saturated rings. The maximum atomic E-state index is 12.1. The standard InChI is InChI=1S/C25H31BrN4O2/c1-25(2,3)32-24(31)27-15-19-7-6-14-29(16-19)23-28-21-8-4-5-9-22(21)30(23)17-18-10-12-20(26)13-11-18/h4-5,8-13,19H,6-7,14-17H2,1-3H3,(H,27,31)/t19-/m1/s1. The lowest BCUT2D eigenvalue weighted by Gasteiger charge is -2.34. The lowest BCUT2D eigenvalue weighted by Crippen LogP contribution is -2.43. The van der Waals surface area contributed by atoms with Crippen LogP contribution in [-0.2, 0) is 11.3 Å². The van der Waals surface area contributed by atoms with Crippen LogP contribution in [0.15, 0.2) is 53.0 Å². The average molecular weight is 499 g/mol. The summed E-state index contributed by atoms with van der Waals surface area (Å²) in [6.07, 6.45) is 1.80. The predicted octanol–water partition coefficient (Wildman–Crippen LogP) is 5.59. The number of nitrogens with one attached hydrogen (secondary N) is 1. The average Bonchev–Trinajstić information content (AvgIpc) is 3.11. The lowest BCUT2D eigenvalue weighted by atomic mass is 9.98. The van der Waals surface area contributed by atoms with Crippen LogP contribution in [0.5, 0.6) is 0 Å². The Morgan fingerprint density at radius 2 is 1.94 bits per heavy atom. The van der Waals surface area contributed by atoms with E-state index in [1.165, 1.54) is 5.56 Å². The lowest BCUT2D eigenvalue weighted by molar-refractivity contribution is 0.0517. The van der Waals surface area contributed by atoms with E-state index < -0.39 is 5.60 Å². The van der Waals surface area contributed by atoms with Gasteiger partial charge in [0, 0.05) is 24.1 Å². The van der Waals surface area contributed by atoms with E-state index in [4.69, 9.17) is 9.72 Å². The number of alkyl carbamates (subject to hydrolysis) is 1. The van der Waals surface area contributed by atoms with Crippen LogP contribution in [0.25, 0.3) is 11.0 Å². The second-order valence-corrected chi connectivity index (χ2v) is 10.4. The van der Waals surface area contributed by atoms with Crippen molar-refractivity contribution in [2.45, 2.75) is 45.8 Å². The number of carbonyl (C=O) groups is 1. The van der Waals surface area contributed by atoms with E-state index in [0.717, 1.165) is 53.9 Å². The summed E-state index contributed by atoms with van der Waals surface area (Å²) in [5, 5.41) is 2.95. The fraction of sp³-hybridized carbons (Fsp3) is 0.440. The first-order valence-corrected chi connectivity index (χ1v) is 12.0. The number of benzene rings is 2. The molecule has 1 saturated heterocycles. The Morgan fingerprint density at radius 3 is 2.69 bits per heavy atom. The molecule has 0 aliphatic carbocycles. The van der Waals surface area contributed by atoms with E-state index in [9.17, 15) is 4.79 Å². The van der Waals surface area contributed by atoms with Gasteiger partial charge in [-0.05, 0) is 69.4 Å². The van der Waals surface area contributed by atoms with Gasteiger partial charge in [-0.25, -0.2) is 9.78 Å². The molecular formula is C25H31BrN4O2. The number of halogens is 1. The summed E-state index contributed by atoms with van der Waals surface area (Å²) >= 11 is 3.52. The molecule has 0 saturated carbocycles. The molecule has 1 aliphatic heterocycles. The highest BCUT2D eigenvalue weighted by Gasteiger charge is 2.25. The van der Waals surface area contributed by atoms with Gasteiger partial charge in [0.05, 0.1) is 17.6 Å². The van der Waals surface area contributed by atoms with Crippen LogP contribution in [0.3, 0.4) is 0 Å². The molecule has 1 N–H and O–H groups in total. The highest BCUT2D eigenvalue weighted by Crippen LogP contribution is 2.28. The number of ether oxygens (including phenoxy) is 1. The van der Waals surface area contributed by atoms with Crippen molar-refractivity contribution >= 4 is 39.0 Å². The number of fused-ring (bicyclic) bond motifs is 1. The van der Waals surface area contributed by atoms with Crippen LogP contribution in [0, 0.1) is 5.92 Å². The molecule has 7 heteroatoms.